The van der Waals surface area contributed by atoms with E-state index in [0.717, 1.165) is 35.2 Å². The normalized spacial score (nSPS) is 15.4. The minimum Gasteiger partial charge on any atom is -0.295 e. The molecule has 0 atom stereocenters. The summed E-state index contributed by atoms with van der Waals surface area (Å²) < 4.78 is 32.6. The fraction of sp³-hybridized carbons (Fsp3) is 0.480. The van der Waals surface area contributed by atoms with Crippen LogP contribution in [0.2, 0.25) is 0 Å². The SMILES string of the molecule is CC(C)Cc1ccc(S(=O)(=O)Nc2cc3c(cc2SC2CCCCC2)n(C)c(=O)n3C)cc1. The standard InChI is InChI=1S/C25H33N3O3S2/c1-17(2)14-18-10-12-20(13-11-18)33(30,31)26-21-15-22-23(28(4)25(29)27(22)3)16-24(21)32-19-8-6-5-7-9-19/h10-13,15-17,19,26H,5-9,14H2,1-4H3. The smallest absolute Gasteiger partial charge is 0.295 e. The van der Waals surface area contributed by atoms with Crippen LogP contribution in [0.5, 0.6) is 0 Å². The molecule has 2 aromatic carbocycles. The fourth-order valence-electron chi connectivity index (χ4n) is 4.55. The van der Waals surface area contributed by atoms with Crippen molar-refractivity contribution in [1.82, 2.24) is 9.13 Å². The largest absolute Gasteiger partial charge is 0.328 e. The lowest BCUT2D eigenvalue weighted by molar-refractivity contribution is 0.516. The van der Waals surface area contributed by atoms with Gasteiger partial charge in [-0.1, -0.05) is 45.2 Å². The number of benzene rings is 2. The molecule has 0 amide bonds. The van der Waals surface area contributed by atoms with Gasteiger partial charge in [0.1, 0.15) is 0 Å². The molecule has 1 fully saturated rings. The molecule has 0 radical (unpaired) electrons. The van der Waals surface area contributed by atoms with Gasteiger partial charge in [-0.25, -0.2) is 13.2 Å². The molecule has 1 aromatic heterocycles. The van der Waals surface area contributed by atoms with Crippen molar-refractivity contribution < 1.29 is 8.42 Å². The predicted molar refractivity (Wildman–Crippen MR) is 137 cm³/mol. The van der Waals surface area contributed by atoms with E-state index in [9.17, 15) is 13.2 Å². The topological polar surface area (TPSA) is 73.1 Å². The number of aryl methyl sites for hydroxylation is 2. The Morgan fingerprint density at radius 1 is 1.00 bits per heavy atom. The van der Waals surface area contributed by atoms with Crippen LogP contribution in [0.25, 0.3) is 11.0 Å². The Labute approximate surface area is 200 Å². The van der Waals surface area contributed by atoms with Crippen molar-refractivity contribution in [3.8, 4) is 0 Å². The van der Waals surface area contributed by atoms with Crippen molar-refractivity contribution in [2.75, 3.05) is 4.72 Å². The Hall–Kier alpha value is -2.19. The molecule has 0 saturated heterocycles. The molecule has 1 N–H and O–H groups in total. The second-order valence-corrected chi connectivity index (χ2v) is 12.5. The summed E-state index contributed by atoms with van der Waals surface area (Å²) in [7, 11) is -0.299. The summed E-state index contributed by atoms with van der Waals surface area (Å²) in [6, 6.07) is 10.9. The van der Waals surface area contributed by atoms with Crippen molar-refractivity contribution >= 4 is 38.5 Å². The number of thioether (sulfide) groups is 1. The van der Waals surface area contributed by atoms with E-state index in [1.807, 2.05) is 18.2 Å². The Morgan fingerprint density at radius 2 is 1.61 bits per heavy atom. The Morgan fingerprint density at radius 3 is 2.21 bits per heavy atom. The van der Waals surface area contributed by atoms with E-state index >= 15 is 0 Å². The summed E-state index contributed by atoms with van der Waals surface area (Å²) in [6.45, 7) is 4.29. The van der Waals surface area contributed by atoms with Crippen LogP contribution >= 0.6 is 11.8 Å². The van der Waals surface area contributed by atoms with Crippen LogP contribution in [0.15, 0.2) is 51.0 Å². The van der Waals surface area contributed by atoms with Gasteiger partial charge in [-0.3, -0.25) is 13.9 Å². The number of hydrogen-bond acceptors (Lipinski definition) is 4. The highest BCUT2D eigenvalue weighted by Gasteiger charge is 2.22. The fourth-order valence-corrected chi connectivity index (χ4v) is 7.03. The molecule has 1 aliphatic carbocycles. The molecular formula is C25H33N3O3S2. The van der Waals surface area contributed by atoms with Crippen LogP contribution in [-0.2, 0) is 30.5 Å². The maximum atomic E-state index is 13.3. The van der Waals surface area contributed by atoms with Crippen LogP contribution in [-0.4, -0.2) is 22.8 Å². The van der Waals surface area contributed by atoms with Crippen LogP contribution in [0.3, 0.4) is 0 Å². The maximum Gasteiger partial charge on any atom is 0.328 e. The zero-order chi connectivity index (χ0) is 23.8. The van der Waals surface area contributed by atoms with Gasteiger partial charge in [0.25, 0.3) is 10.0 Å². The molecule has 1 saturated carbocycles. The third-order valence-corrected chi connectivity index (χ3v) is 9.12. The first-order valence-corrected chi connectivity index (χ1v) is 14.0. The first-order valence-electron chi connectivity index (χ1n) is 11.6. The highest BCUT2D eigenvalue weighted by molar-refractivity contribution is 8.00. The highest BCUT2D eigenvalue weighted by atomic mass is 32.2. The molecule has 4 rings (SSSR count). The molecule has 0 bridgehead atoms. The van der Waals surface area contributed by atoms with Crippen molar-refractivity contribution in [2.45, 2.75) is 67.4 Å². The van der Waals surface area contributed by atoms with E-state index < -0.39 is 10.0 Å². The summed E-state index contributed by atoms with van der Waals surface area (Å²) in [5.41, 5.74) is 3.05. The number of aromatic nitrogens is 2. The number of anilines is 1. The van der Waals surface area contributed by atoms with E-state index in [1.54, 1.807) is 53.2 Å². The predicted octanol–water partition coefficient (Wildman–Crippen LogP) is 5.30. The number of rotatable bonds is 7. The number of imidazole rings is 1. The quantitative estimate of drug-likeness (QED) is 0.491. The Kier molecular flexibility index (Phi) is 6.96. The first kappa shape index (κ1) is 24.0. The summed E-state index contributed by atoms with van der Waals surface area (Å²) in [5.74, 6) is 0.509. The highest BCUT2D eigenvalue weighted by Crippen LogP contribution is 2.39. The first-order chi connectivity index (χ1) is 15.7. The molecular weight excluding hydrogens is 454 g/mol. The third kappa shape index (κ3) is 5.17. The van der Waals surface area contributed by atoms with Gasteiger partial charge in [0.15, 0.2) is 0 Å². The maximum absolute atomic E-state index is 13.3. The van der Waals surface area contributed by atoms with Crippen molar-refractivity contribution in [2.24, 2.45) is 20.0 Å². The molecule has 33 heavy (non-hydrogen) atoms. The van der Waals surface area contributed by atoms with Crippen LogP contribution in [0.1, 0.15) is 51.5 Å². The second-order valence-electron chi connectivity index (χ2n) is 9.46. The molecule has 0 spiro atoms. The van der Waals surface area contributed by atoms with E-state index in [1.165, 1.54) is 19.3 Å². The molecule has 8 heteroatoms. The van der Waals surface area contributed by atoms with Gasteiger partial charge >= 0.3 is 5.69 Å². The summed E-state index contributed by atoms with van der Waals surface area (Å²) in [6.07, 6.45) is 6.82. The van der Waals surface area contributed by atoms with E-state index in [0.29, 0.717) is 22.4 Å². The van der Waals surface area contributed by atoms with Gasteiger partial charge in [0.2, 0.25) is 0 Å². The average Bonchev–Trinajstić information content (AvgIpc) is 2.98. The van der Waals surface area contributed by atoms with E-state index in [4.69, 9.17) is 0 Å². The molecule has 178 valence electrons. The molecule has 1 heterocycles. The zero-order valence-corrected chi connectivity index (χ0v) is 21.4. The van der Waals surface area contributed by atoms with Gasteiger partial charge in [-0.05, 0) is 55.0 Å². The zero-order valence-electron chi connectivity index (χ0n) is 19.8. The Bertz CT molecular complexity index is 1300. The summed E-state index contributed by atoms with van der Waals surface area (Å²) >= 11 is 1.72. The van der Waals surface area contributed by atoms with Gasteiger partial charge in [0.05, 0.1) is 21.6 Å². The number of hydrogen-bond donors (Lipinski definition) is 1. The van der Waals surface area contributed by atoms with Crippen LogP contribution in [0, 0.1) is 5.92 Å². The number of fused-ring (bicyclic) bond motifs is 1. The molecule has 1 aliphatic rings. The number of nitrogens with one attached hydrogen (secondary N) is 1. The number of nitrogens with zero attached hydrogens (tertiary/aromatic N) is 2. The van der Waals surface area contributed by atoms with Crippen molar-refractivity contribution in [1.29, 1.82) is 0 Å². The minimum atomic E-state index is -3.76. The number of sulfonamides is 1. The lowest BCUT2D eigenvalue weighted by Crippen LogP contribution is -2.19. The van der Waals surface area contributed by atoms with Gasteiger partial charge < -0.3 is 0 Å². The molecule has 0 aliphatic heterocycles. The van der Waals surface area contributed by atoms with Crippen molar-refractivity contribution in [3.05, 3.63) is 52.4 Å². The van der Waals surface area contributed by atoms with E-state index in [2.05, 4.69) is 18.6 Å². The van der Waals surface area contributed by atoms with Crippen molar-refractivity contribution in [3.63, 3.8) is 0 Å². The third-order valence-electron chi connectivity index (χ3n) is 6.34. The van der Waals surface area contributed by atoms with Gasteiger partial charge in [0, 0.05) is 24.2 Å². The van der Waals surface area contributed by atoms with Gasteiger partial charge in [-0.2, -0.15) is 0 Å². The molecule has 6 nitrogen and oxygen atoms in total. The van der Waals surface area contributed by atoms with Crippen LogP contribution < -0.4 is 10.4 Å². The lowest BCUT2D eigenvalue weighted by Gasteiger charge is -2.22. The second kappa shape index (κ2) is 9.58. The average molecular weight is 488 g/mol. The Balaban J connectivity index is 1.72. The molecule has 0 unspecified atom stereocenters. The molecule has 3 aromatic rings. The monoisotopic (exact) mass is 487 g/mol. The van der Waals surface area contributed by atoms with Crippen LogP contribution in [0.4, 0.5) is 5.69 Å². The summed E-state index contributed by atoms with van der Waals surface area (Å²) in [5, 5.41) is 0.454. The lowest BCUT2D eigenvalue weighted by atomic mass is 10.0. The van der Waals surface area contributed by atoms with Gasteiger partial charge in [-0.15, -0.1) is 11.8 Å². The minimum absolute atomic E-state index is 0.126. The summed E-state index contributed by atoms with van der Waals surface area (Å²) in [4.78, 5) is 13.6. The van der Waals surface area contributed by atoms with E-state index in [-0.39, 0.29) is 10.6 Å².